The fourth-order valence-corrected chi connectivity index (χ4v) is 7.14. The van der Waals surface area contributed by atoms with Crippen LogP contribution in [0.5, 0.6) is 0 Å². The van der Waals surface area contributed by atoms with Crippen molar-refractivity contribution in [2.24, 2.45) is 17.3 Å². The van der Waals surface area contributed by atoms with E-state index in [-0.39, 0.29) is 29.5 Å². The van der Waals surface area contributed by atoms with Crippen LogP contribution < -0.4 is 16.1 Å². The number of pyridine rings is 1. The topological polar surface area (TPSA) is 83.4 Å². The predicted molar refractivity (Wildman–Crippen MR) is 132 cm³/mol. The lowest BCUT2D eigenvalue weighted by Crippen LogP contribution is -2.43. The highest BCUT2D eigenvalue weighted by Crippen LogP contribution is 2.72. The second-order valence-electron chi connectivity index (χ2n) is 10.7. The van der Waals surface area contributed by atoms with Gasteiger partial charge < -0.3 is 20.3 Å². The maximum absolute atomic E-state index is 13.2. The summed E-state index contributed by atoms with van der Waals surface area (Å²) < 4.78 is 1.94. The Morgan fingerprint density at radius 1 is 1.21 bits per heavy atom. The number of aromatic nitrogens is 1. The van der Waals surface area contributed by atoms with Crippen LogP contribution in [0.3, 0.4) is 0 Å². The summed E-state index contributed by atoms with van der Waals surface area (Å²) >= 11 is 6.23. The average molecular weight is 478 g/mol. The lowest BCUT2D eigenvalue weighted by molar-refractivity contribution is -0.0190. The van der Waals surface area contributed by atoms with E-state index in [1.807, 2.05) is 41.8 Å². The second kappa shape index (κ2) is 7.59. The molecule has 0 radical (unpaired) electrons. The van der Waals surface area contributed by atoms with Crippen LogP contribution in [-0.2, 0) is 6.54 Å². The molecule has 2 amide bonds. The third kappa shape index (κ3) is 3.51. The van der Waals surface area contributed by atoms with E-state index < -0.39 is 5.60 Å². The minimum absolute atomic E-state index is 0.0476. The number of aliphatic hydroxyl groups is 1. The summed E-state index contributed by atoms with van der Waals surface area (Å²) in [5, 5.41) is 17.8. The molecule has 3 aliphatic carbocycles. The number of hydrogen-bond acceptors (Lipinski definition) is 3. The summed E-state index contributed by atoms with van der Waals surface area (Å²) in [6.45, 7) is 2.05. The van der Waals surface area contributed by atoms with Crippen LogP contribution in [0.1, 0.15) is 38.2 Å². The van der Waals surface area contributed by atoms with Crippen LogP contribution in [-0.4, -0.2) is 27.3 Å². The highest BCUT2D eigenvalue weighted by atomic mass is 35.5. The summed E-state index contributed by atoms with van der Waals surface area (Å²) in [7, 11) is 0. The zero-order valence-corrected chi connectivity index (χ0v) is 19.8. The standard InChI is InChI=1S/C27H28ClN3O3/c1-26(34)11-16-9-21-24(27(21,12-16)15-26)30-25(33)29-13-17-14-31(19-5-3-2-4-6-19)22-10-18(28)7-8-20(22)23(17)32/h2-8,10,14,16,21,24,34H,9,11-13,15H2,1H3,(H2,29,30,33). The number of nitrogens with one attached hydrogen (secondary N) is 2. The van der Waals surface area contributed by atoms with Gasteiger partial charge in [-0.2, -0.15) is 0 Å². The first-order valence-corrected chi connectivity index (χ1v) is 12.3. The first-order chi connectivity index (χ1) is 16.3. The molecule has 0 aliphatic heterocycles. The van der Waals surface area contributed by atoms with Gasteiger partial charge in [-0.15, -0.1) is 0 Å². The molecular formula is C27H28ClN3O3. The van der Waals surface area contributed by atoms with Crippen molar-refractivity contribution in [3.05, 3.63) is 75.5 Å². The molecule has 3 aromatic rings. The Morgan fingerprint density at radius 3 is 2.79 bits per heavy atom. The van der Waals surface area contributed by atoms with Gasteiger partial charge in [0.15, 0.2) is 5.43 Å². The monoisotopic (exact) mass is 477 g/mol. The highest BCUT2D eigenvalue weighted by molar-refractivity contribution is 6.31. The summed E-state index contributed by atoms with van der Waals surface area (Å²) in [6, 6.07) is 14.8. The van der Waals surface area contributed by atoms with Crippen LogP contribution >= 0.6 is 11.6 Å². The van der Waals surface area contributed by atoms with E-state index in [4.69, 9.17) is 11.6 Å². The lowest BCUT2D eigenvalue weighted by atomic mass is 9.74. The van der Waals surface area contributed by atoms with Crippen molar-refractivity contribution in [3.8, 4) is 5.69 Å². The molecule has 1 heterocycles. The van der Waals surface area contributed by atoms with Gasteiger partial charge in [-0.05, 0) is 80.2 Å². The van der Waals surface area contributed by atoms with E-state index in [0.717, 1.165) is 36.9 Å². The van der Waals surface area contributed by atoms with E-state index in [2.05, 4.69) is 10.6 Å². The van der Waals surface area contributed by atoms with Crippen molar-refractivity contribution in [2.45, 2.75) is 50.8 Å². The van der Waals surface area contributed by atoms with Crippen molar-refractivity contribution in [2.75, 3.05) is 0 Å². The van der Waals surface area contributed by atoms with Gasteiger partial charge in [0.1, 0.15) is 0 Å². The molecule has 7 heteroatoms. The molecular weight excluding hydrogens is 450 g/mol. The molecule has 6 nitrogen and oxygen atoms in total. The highest BCUT2D eigenvalue weighted by Gasteiger charge is 2.72. The number of carbonyl (C=O) groups is 1. The average Bonchev–Trinajstić information content (AvgIpc) is 3.19. The Hall–Kier alpha value is -2.83. The third-order valence-corrected chi connectivity index (χ3v) is 8.38. The third-order valence-electron chi connectivity index (χ3n) is 8.15. The Bertz CT molecular complexity index is 1350. The van der Waals surface area contributed by atoms with Gasteiger partial charge in [0, 0.05) is 40.4 Å². The van der Waals surface area contributed by atoms with Crippen LogP contribution in [0, 0.1) is 17.3 Å². The van der Waals surface area contributed by atoms with Crippen LogP contribution in [0.25, 0.3) is 16.6 Å². The number of rotatable bonds is 4. The first kappa shape index (κ1) is 21.7. The lowest BCUT2D eigenvalue weighted by Gasteiger charge is -2.37. The smallest absolute Gasteiger partial charge is 0.315 e. The number of nitrogens with zero attached hydrogens (tertiary/aromatic N) is 1. The quantitative estimate of drug-likeness (QED) is 0.521. The number of fused-ring (bicyclic) bond motifs is 2. The minimum Gasteiger partial charge on any atom is -0.390 e. The molecule has 3 aliphatic rings. The first-order valence-electron chi connectivity index (χ1n) is 11.9. The Balaban J connectivity index is 1.22. The molecule has 2 aromatic carbocycles. The maximum atomic E-state index is 13.2. The van der Waals surface area contributed by atoms with E-state index in [0.29, 0.717) is 27.8 Å². The number of carbonyl (C=O) groups excluding carboxylic acids is 1. The zero-order chi connectivity index (χ0) is 23.7. The number of para-hydroxylation sites is 1. The number of benzene rings is 2. The zero-order valence-electron chi connectivity index (χ0n) is 19.1. The van der Waals surface area contributed by atoms with Gasteiger partial charge >= 0.3 is 6.03 Å². The van der Waals surface area contributed by atoms with Crippen molar-refractivity contribution < 1.29 is 9.90 Å². The van der Waals surface area contributed by atoms with Gasteiger partial charge in [-0.3, -0.25) is 4.79 Å². The van der Waals surface area contributed by atoms with Gasteiger partial charge in [0.25, 0.3) is 0 Å². The molecule has 2 bridgehead atoms. The molecule has 3 saturated carbocycles. The van der Waals surface area contributed by atoms with Gasteiger partial charge in [-0.1, -0.05) is 29.8 Å². The van der Waals surface area contributed by atoms with E-state index in [1.165, 1.54) is 0 Å². The molecule has 5 atom stereocenters. The molecule has 1 spiro atoms. The predicted octanol–water partition coefficient (Wildman–Crippen LogP) is 4.38. The molecule has 176 valence electrons. The summed E-state index contributed by atoms with van der Waals surface area (Å²) in [5.41, 5.74) is 1.42. The molecule has 5 unspecified atom stereocenters. The summed E-state index contributed by atoms with van der Waals surface area (Å²) in [4.78, 5) is 26.0. The van der Waals surface area contributed by atoms with Gasteiger partial charge in [0.05, 0.1) is 11.1 Å². The summed E-state index contributed by atoms with van der Waals surface area (Å²) in [6.07, 6.45) is 5.57. The maximum Gasteiger partial charge on any atom is 0.315 e. The Morgan fingerprint density at radius 2 is 2.00 bits per heavy atom. The van der Waals surface area contributed by atoms with Crippen LogP contribution in [0.4, 0.5) is 4.79 Å². The van der Waals surface area contributed by atoms with Gasteiger partial charge in [0.2, 0.25) is 0 Å². The van der Waals surface area contributed by atoms with E-state index in [9.17, 15) is 14.7 Å². The molecule has 3 fully saturated rings. The largest absolute Gasteiger partial charge is 0.390 e. The molecule has 6 rings (SSSR count). The van der Waals surface area contributed by atoms with Crippen LogP contribution in [0.2, 0.25) is 5.02 Å². The molecule has 0 saturated heterocycles. The minimum atomic E-state index is -0.638. The van der Waals surface area contributed by atoms with Crippen LogP contribution in [0.15, 0.2) is 59.5 Å². The number of amides is 2. The SMILES string of the molecule is CC1(O)CC2CC3C(NC(=O)NCc4cn(-c5ccccc5)c5cc(Cl)ccc5c4=O)C3(C2)C1. The number of urea groups is 1. The second-order valence-corrected chi connectivity index (χ2v) is 11.1. The molecule has 34 heavy (non-hydrogen) atoms. The van der Waals surface area contributed by atoms with E-state index >= 15 is 0 Å². The Labute approximate surface area is 202 Å². The summed E-state index contributed by atoms with van der Waals surface area (Å²) in [5.74, 6) is 1.02. The fourth-order valence-electron chi connectivity index (χ4n) is 6.97. The number of halogens is 1. The molecule has 1 aromatic heterocycles. The number of hydrogen-bond donors (Lipinski definition) is 3. The van der Waals surface area contributed by atoms with Crippen molar-refractivity contribution in [3.63, 3.8) is 0 Å². The van der Waals surface area contributed by atoms with Crippen molar-refractivity contribution in [1.82, 2.24) is 15.2 Å². The fraction of sp³-hybridized carbons (Fsp3) is 0.407. The van der Waals surface area contributed by atoms with Gasteiger partial charge in [-0.25, -0.2) is 4.79 Å². The molecule has 3 N–H and O–H groups in total. The van der Waals surface area contributed by atoms with Crippen molar-refractivity contribution >= 4 is 28.5 Å². The normalized spacial score (nSPS) is 31.2. The van der Waals surface area contributed by atoms with E-state index in [1.54, 1.807) is 24.4 Å². The van der Waals surface area contributed by atoms with Crippen molar-refractivity contribution in [1.29, 1.82) is 0 Å². The Kier molecular flexibility index (Phi) is 4.84.